The molecule has 0 heterocycles. The number of nitrogens with one attached hydrogen (secondary N) is 1. The van der Waals surface area contributed by atoms with Crippen molar-refractivity contribution in [3.05, 3.63) is 28.2 Å². The van der Waals surface area contributed by atoms with Crippen LogP contribution in [-0.4, -0.2) is 21.0 Å². The maximum absolute atomic E-state index is 12.4. The highest BCUT2D eigenvalue weighted by atomic mass is 79.9. The van der Waals surface area contributed by atoms with E-state index in [2.05, 4.69) is 20.7 Å². The Balaban J connectivity index is 3.00. The SMILES string of the molecule is Cc1ccc(Br)c(S(=O)(=O)NC(CN)CC(C)C)c1. The lowest BCUT2D eigenvalue weighted by atomic mass is 10.1. The van der Waals surface area contributed by atoms with E-state index in [-0.39, 0.29) is 10.9 Å². The van der Waals surface area contributed by atoms with Gasteiger partial charge < -0.3 is 5.73 Å². The molecule has 1 unspecified atom stereocenters. The summed E-state index contributed by atoms with van der Waals surface area (Å²) >= 11 is 3.28. The highest BCUT2D eigenvalue weighted by Crippen LogP contribution is 2.23. The van der Waals surface area contributed by atoms with Gasteiger partial charge in [-0.05, 0) is 52.9 Å². The molecule has 6 heteroatoms. The number of nitrogens with two attached hydrogens (primary N) is 1. The number of hydrogen-bond acceptors (Lipinski definition) is 3. The number of hydrogen-bond donors (Lipinski definition) is 2. The van der Waals surface area contributed by atoms with Crippen molar-refractivity contribution in [3.8, 4) is 0 Å². The van der Waals surface area contributed by atoms with Gasteiger partial charge in [0.05, 0.1) is 4.90 Å². The Morgan fingerprint density at radius 3 is 2.53 bits per heavy atom. The van der Waals surface area contributed by atoms with Crippen molar-refractivity contribution < 1.29 is 8.42 Å². The Morgan fingerprint density at radius 2 is 2.00 bits per heavy atom. The summed E-state index contributed by atoms with van der Waals surface area (Å²) in [6.45, 7) is 6.24. The predicted octanol–water partition coefficient (Wildman–Crippen LogP) is 2.41. The summed E-state index contributed by atoms with van der Waals surface area (Å²) in [5, 5.41) is 0. The molecule has 0 saturated heterocycles. The summed E-state index contributed by atoms with van der Waals surface area (Å²) in [5.41, 5.74) is 6.54. The first kappa shape index (κ1) is 16.6. The fraction of sp³-hybridized carbons (Fsp3) is 0.538. The number of benzene rings is 1. The van der Waals surface area contributed by atoms with Crippen molar-refractivity contribution in [1.82, 2.24) is 4.72 Å². The fourth-order valence-electron chi connectivity index (χ4n) is 1.86. The zero-order chi connectivity index (χ0) is 14.6. The predicted molar refractivity (Wildman–Crippen MR) is 81.5 cm³/mol. The van der Waals surface area contributed by atoms with Crippen LogP contribution in [0.1, 0.15) is 25.8 Å². The molecular formula is C13H21BrN2O2S. The van der Waals surface area contributed by atoms with Gasteiger partial charge in [-0.15, -0.1) is 0 Å². The molecular weight excluding hydrogens is 328 g/mol. The molecule has 4 nitrogen and oxygen atoms in total. The van der Waals surface area contributed by atoms with Crippen molar-refractivity contribution in [3.63, 3.8) is 0 Å². The molecule has 0 aliphatic rings. The third-order valence-electron chi connectivity index (χ3n) is 2.74. The smallest absolute Gasteiger partial charge is 0.241 e. The molecule has 0 saturated carbocycles. The van der Waals surface area contributed by atoms with Crippen LogP contribution >= 0.6 is 15.9 Å². The van der Waals surface area contributed by atoms with Crippen molar-refractivity contribution in [2.45, 2.75) is 38.1 Å². The van der Waals surface area contributed by atoms with Crippen LogP contribution in [0.4, 0.5) is 0 Å². The molecule has 1 aromatic carbocycles. The highest BCUT2D eigenvalue weighted by molar-refractivity contribution is 9.10. The van der Waals surface area contributed by atoms with Gasteiger partial charge >= 0.3 is 0 Å². The van der Waals surface area contributed by atoms with Crippen molar-refractivity contribution in [1.29, 1.82) is 0 Å². The summed E-state index contributed by atoms with van der Waals surface area (Å²) in [6, 6.07) is 5.01. The summed E-state index contributed by atoms with van der Waals surface area (Å²) in [7, 11) is -3.55. The van der Waals surface area contributed by atoms with Crippen LogP contribution in [0.5, 0.6) is 0 Å². The monoisotopic (exact) mass is 348 g/mol. The number of halogens is 1. The second-order valence-electron chi connectivity index (χ2n) is 5.12. The van der Waals surface area contributed by atoms with Crippen LogP contribution in [-0.2, 0) is 10.0 Å². The minimum atomic E-state index is -3.55. The molecule has 3 N–H and O–H groups in total. The first-order chi connectivity index (χ1) is 8.76. The lowest BCUT2D eigenvalue weighted by Gasteiger charge is -2.19. The van der Waals surface area contributed by atoms with Crippen LogP contribution < -0.4 is 10.5 Å². The Kier molecular flexibility index (Phi) is 5.98. The van der Waals surface area contributed by atoms with Crippen LogP contribution in [0, 0.1) is 12.8 Å². The van der Waals surface area contributed by atoms with Gasteiger partial charge in [0.15, 0.2) is 0 Å². The van der Waals surface area contributed by atoms with Crippen LogP contribution in [0.2, 0.25) is 0 Å². The zero-order valence-electron chi connectivity index (χ0n) is 11.5. The third-order valence-corrected chi connectivity index (χ3v) is 5.25. The maximum atomic E-state index is 12.4. The van der Waals surface area contributed by atoms with Gasteiger partial charge in [-0.1, -0.05) is 19.9 Å². The molecule has 0 spiro atoms. The minimum absolute atomic E-state index is 0.239. The molecule has 0 fully saturated rings. The fourth-order valence-corrected chi connectivity index (χ4v) is 4.17. The van der Waals surface area contributed by atoms with Gasteiger partial charge in [0.2, 0.25) is 10.0 Å². The number of sulfonamides is 1. The van der Waals surface area contributed by atoms with Gasteiger partial charge in [-0.3, -0.25) is 0 Å². The van der Waals surface area contributed by atoms with Gasteiger partial charge in [0, 0.05) is 17.1 Å². The molecule has 0 radical (unpaired) electrons. The summed E-state index contributed by atoms with van der Waals surface area (Å²) < 4.78 is 28.0. The standard InChI is InChI=1S/C13H21BrN2O2S/c1-9(2)6-11(8-15)16-19(17,18)13-7-10(3)4-5-12(13)14/h4-5,7,9,11,16H,6,8,15H2,1-3H3. The van der Waals surface area contributed by atoms with E-state index in [9.17, 15) is 8.42 Å². The van der Waals surface area contributed by atoms with E-state index in [1.54, 1.807) is 12.1 Å². The number of aryl methyl sites for hydroxylation is 1. The summed E-state index contributed by atoms with van der Waals surface area (Å²) in [6.07, 6.45) is 0.721. The molecule has 0 amide bonds. The minimum Gasteiger partial charge on any atom is -0.329 e. The Bertz CT molecular complexity index is 529. The van der Waals surface area contributed by atoms with Gasteiger partial charge in [-0.25, -0.2) is 13.1 Å². The van der Waals surface area contributed by atoms with E-state index < -0.39 is 10.0 Å². The molecule has 1 aromatic rings. The third kappa shape index (κ3) is 4.87. The molecule has 0 bridgehead atoms. The van der Waals surface area contributed by atoms with Crippen molar-refractivity contribution in [2.75, 3.05) is 6.54 Å². The van der Waals surface area contributed by atoms with Gasteiger partial charge in [-0.2, -0.15) is 0 Å². The lowest BCUT2D eigenvalue weighted by Crippen LogP contribution is -2.41. The lowest BCUT2D eigenvalue weighted by molar-refractivity contribution is 0.465. The molecule has 0 aliphatic heterocycles. The molecule has 0 aliphatic carbocycles. The normalized spacial score (nSPS) is 13.8. The zero-order valence-corrected chi connectivity index (χ0v) is 13.9. The molecule has 108 valence electrons. The topological polar surface area (TPSA) is 72.2 Å². The summed E-state index contributed by atoms with van der Waals surface area (Å²) in [4.78, 5) is 0.259. The van der Waals surface area contributed by atoms with Gasteiger partial charge in [0.25, 0.3) is 0 Å². The average molecular weight is 349 g/mol. The van der Waals surface area contributed by atoms with E-state index in [0.29, 0.717) is 16.9 Å². The maximum Gasteiger partial charge on any atom is 0.241 e. The largest absolute Gasteiger partial charge is 0.329 e. The first-order valence-electron chi connectivity index (χ1n) is 6.24. The second kappa shape index (κ2) is 6.83. The van der Waals surface area contributed by atoms with E-state index in [0.717, 1.165) is 12.0 Å². The molecule has 1 rings (SSSR count). The van der Waals surface area contributed by atoms with E-state index >= 15 is 0 Å². The van der Waals surface area contributed by atoms with Crippen LogP contribution in [0.3, 0.4) is 0 Å². The Morgan fingerprint density at radius 1 is 1.37 bits per heavy atom. The number of rotatable bonds is 6. The van der Waals surface area contributed by atoms with E-state index in [1.165, 1.54) is 0 Å². The molecule has 0 aromatic heterocycles. The van der Waals surface area contributed by atoms with E-state index in [4.69, 9.17) is 5.73 Å². The second-order valence-corrected chi connectivity index (χ2v) is 7.65. The van der Waals surface area contributed by atoms with Crippen LogP contribution in [0.25, 0.3) is 0 Å². The Labute approximate surface area is 124 Å². The first-order valence-corrected chi connectivity index (χ1v) is 8.52. The molecule has 1 atom stereocenters. The van der Waals surface area contributed by atoms with Gasteiger partial charge in [0.1, 0.15) is 0 Å². The van der Waals surface area contributed by atoms with Crippen molar-refractivity contribution in [2.24, 2.45) is 11.7 Å². The highest BCUT2D eigenvalue weighted by Gasteiger charge is 2.22. The molecule has 19 heavy (non-hydrogen) atoms. The average Bonchev–Trinajstić information content (AvgIpc) is 2.30. The Hall–Kier alpha value is -0.430. The quantitative estimate of drug-likeness (QED) is 0.828. The van der Waals surface area contributed by atoms with Crippen LogP contribution in [0.15, 0.2) is 27.6 Å². The van der Waals surface area contributed by atoms with E-state index in [1.807, 2.05) is 26.8 Å². The van der Waals surface area contributed by atoms with Crippen molar-refractivity contribution >= 4 is 26.0 Å². The summed E-state index contributed by atoms with van der Waals surface area (Å²) in [5.74, 6) is 0.386.